The van der Waals surface area contributed by atoms with E-state index in [1.54, 1.807) is 49.6 Å². The zero-order valence-corrected chi connectivity index (χ0v) is 44.2. The van der Waals surface area contributed by atoms with Crippen LogP contribution in [0.3, 0.4) is 0 Å². The molecule has 2 aliphatic rings. The Balaban J connectivity index is 0.924. The molecule has 1 unspecified atom stereocenters. The molecule has 8 atom stereocenters. The van der Waals surface area contributed by atoms with Gasteiger partial charge in [-0.3, -0.25) is 24.0 Å². The Morgan fingerprint density at radius 2 is 1.53 bits per heavy atom. The normalized spacial score (nSPS) is 21.4. The lowest BCUT2D eigenvalue weighted by atomic mass is 9.68. The zero-order chi connectivity index (χ0) is 53.6. The van der Waals surface area contributed by atoms with Crippen molar-refractivity contribution in [1.82, 2.24) is 43.0 Å². The number of imidazole rings is 3. The van der Waals surface area contributed by atoms with Gasteiger partial charge in [0.1, 0.15) is 41.2 Å². The standard InChI is InChI=1S/C53H51ClFN10O10PS/c1-4-40-33(26-41(40)63-30-58-44-47(54)56-29-57-48(44)63)27-73-76(69,77)75-46-43(55)42(28-72-53(34-8-6-5-7-9-34,35-12-18-38(70-2)19-13-35)36-14-20-39(71-3)21-15-36)74-51(46)64-31-59-45-49(64)60-52-61(24-25-62(52)50(45)66)23-22-32-10-16-37(17-11-32)65(67)68/h5-21,24-25,29-31,33,40-43,46,51H,4,22-23,26-28H2,1-3H3,(H,69,77)/t33-,40-,41-,42-,43-,46-,51-,76?/m1/s1. The average molecular weight is 1110 g/mol. The first-order valence-electron chi connectivity index (χ1n) is 24.7. The molecule has 20 nitrogen and oxygen atoms in total. The summed E-state index contributed by atoms with van der Waals surface area (Å²) in [6, 6.07) is 30.5. The van der Waals surface area contributed by atoms with Crippen LogP contribution in [0.15, 0.2) is 139 Å². The van der Waals surface area contributed by atoms with Gasteiger partial charge in [-0.2, -0.15) is 4.98 Å². The molecule has 4 aromatic carbocycles. The maximum Gasteiger partial charge on any atom is 0.325 e. The molecule has 0 spiro atoms. The number of hydrogen-bond donors (Lipinski definition) is 1. The van der Waals surface area contributed by atoms with Gasteiger partial charge in [0.05, 0.1) is 45.0 Å². The van der Waals surface area contributed by atoms with E-state index in [1.165, 1.54) is 33.8 Å². The summed E-state index contributed by atoms with van der Waals surface area (Å²) in [5, 5.41) is 11.5. The highest BCUT2D eigenvalue weighted by Crippen LogP contribution is 2.54. The monoisotopic (exact) mass is 1100 g/mol. The van der Waals surface area contributed by atoms with Crippen molar-refractivity contribution in [2.24, 2.45) is 11.8 Å². The van der Waals surface area contributed by atoms with Crippen LogP contribution in [-0.4, -0.2) is 98.7 Å². The quantitative estimate of drug-likeness (QED) is 0.0247. The average Bonchev–Trinajstić information content (AvgIpc) is 4.28. The largest absolute Gasteiger partial charge is 0.497 e. The van der Waals surface area contributed by atoms with Gasteiger partial charge in [-0.15, -0.1) is 0 Å². The van der Waals surface area contributed by atoms with Gasteiger partial charge in [0.15, 0.2) is 34.4 Å². The molecule has 1 aliphatic carbocycles. The van der Waals surface area contributed by atoms with Gasteiger partial charge in [-0.05, 0) is 83.0 Å². The maximum absolute atomic E-state index is 17.9. The lowest BCUT2D eigenvalue weighted by Crippen LogP contribution is -2.40. The van der Waals surface area contributed by atoms with Crippen molar-refractivity contribution in [3.8, 4) is 11.5 Å². The molecule has 6 heterocycles. The number of nitrogens with zero attached hydrogens (tertiary/aromatic N) is 10. The predicted molar refractivity (Wildman–Crippen MR) is 285 cm³/mol. The van der Waals surface area contributed by atoms with Gasteiger partial charge in [0, 0.05) is 37.1 Å². The van der Waals surface area contributed by atoms with Gasteiger partial charge in [-0.25, -0.2) is 28.7 Å². The fourth-order valence-corrected chi connectivity index (χ4v) is 12.3. The molecular formula is C53H51ClFN10O10PS. The summed E-state index contributed by atoms with van der Waals surface area (Å²) < 4.78 is 61.6. The SMILES string of the molecule is CC[C@@H]1[C@@H](COP(O)(=S)O[C@@H]2[C@H](F)[C@@H](COC(c3ccccc3)(c3ccc(OC)cc3)c3ccc(OC)cc3)O[C@H]2n2cnc3c(=O)n4ccn(CCc5ccc([N+](=O)[O-])cc5)c4nc32)C[C@H]1n1cnc2c(Cl)ncnc21. The second kappa shape index (κ2) is 21.4. The lowest BCUT2D eigenvalue weighted by Gasteiger charge is -2.45. The van der Waals surface area contributed by atoms with Crippen molar-refractivity contribution in [2.45, 2.75) is 69.0 Å². The minimum absolute atomic E-state index is 0.00504. The summed E-state index contributed by atoms with van der Waals surface area (Å²) in [7, 11) is 3.15. The number of aryl methyl sites for hydroxylation is 2. The van der Waals surface area contributed by atoms with Crippen LogP contribution < -0.4 is 15.0 Å². The van der Waals surface area contributed by atoms with E-state index in [4.69, 9.17) is 56.4 Å². The fraction of sp³-hybridized carbons (Fsp3) is 0.321. The number of methoxy groups -OCH3 is 2. The fourth-order valence-electron chi connectivity index (χ4n) is 10.7. The summed E-state index contributed by atoms with van der Waals surface area (Å²) in [6.07, 6.45) is 3.05. The van der Waals surface area contributed by atoms with E-state index in [2.05, 4.69) is 26.9 Å². The van der Waals surface area contributed by atoms with Gasteiger partial charge in [0.2, 0.25) is 5.78 Å². The summed E-state index contributed by atoms with van der Waals surface area (Å²) >= 11 is 12.0. The summed E-state index contributed by atoms with van der Waals surface area (Å²) in [5.41, 5.74) is 2.14. The van der Waals surface area contributed by atoms with E-state index in [0.29, 0.717) is 53.2 Å². The van der Waals surface area contributed by atoms with E-state index in [-0.39, 0.29) is 58.9 Å². The third-order valence-electron chi connectivity index (χ3n) is 14.7. The van der Waals surface area contributed by atoms with Crippen molar-refractivity contribution in [3.05, 3.63) is 182 Å². The molecule has 0 bridgehead atoms. The van der Waals surface area contributed by atoms with Gasteiger partial charge >= 0.3 is 6.72 Å². The van der Waals surface area contributed by atoms with E-state index in [1.807, 2.05) is 83.4 Å². The van der Waals surface area contributed by atoms with E-state index in [0.717, 1.165) is 17.5 Å². The summed E-state index contributed by atoms with van der Waals surface area (Å²) in [6.45, 7) is -2.24. The molecule has 0 radical (unpaired) electrons. The Labute approximate surface area is 449 Å². The first-order chi connectivity index (χ1) is 37.3. The van der Waals surface area contributed by atoms with Crippen molar-refractivity contribution in [2.75, 3.05) is 27.4 Å². The predicted octanol–water partition coefficient (Wildman–Crippen LogP) is 8.96. The van der Waals surface area contributed by atoms with Crippen molar-refractivity contribution >= 4 is 63.9 Å². The number of benzene rings is 4. The second-order valence-corrected chi connectivity index (χ2v) is 22.0. The molecule has 1 saturated carbocycles. The number of ether oxygens (including phenoxy) is 4. The Kier molecular flexibility index (Phi) is 14.5. The first-order valence-corrected chi connectivity index (χ1v) is 27.7. The minimum Gasteiger partial charge on any atom is -0.497 e. The summed E-state index contributed by atoms with van der Waals surface area (Å²) in [4.78, 5) is 59.2. The molecule has 24 heteroatoms. The molecule has 0 amide bonds. The Hall–Kier alpha value is -7.01. The molecule has 9 aromatic rings. The van der Waals surface area contributed by atoms with E-state index >= 15 is 4.39 Å². The van der Waals surface area contributed by atoms with Crippen LogP contribution in [0.4, 0.5) is 10.1 Å². The highest BCUT2D eigenvalue weighted by atomic mass is 35.5. The third-order valence-corrected chi connectivity index (χ3v) is 16.6. The summed E-state index contributed by atoms with van der Waals surface area (Å²) in [5.74, 6) is 1.48. The van der Waals surface area contributed by atoms with E-state index in [9.17, 15) is 19.8 Å². The Morgan fingerprint density at radius 3 is 2.19 bits per heavy atom. The van der Waals surface area contributed by atoms with Crippen molar-refractivity contribution in [1.29, 1.82) is 0 Å². The number of rotatable bonds is 20. The van der Waals surface area contributed by atoms with Crippen LogP contribution in [0.25, 0.3) is 28.1 Å². The molecule has 1 N–H and O–H groups in total. The van der Waals surface area contributed by atoms with Crippen LogP contribution in [0.5, 0.6) is 11.5 Å². The van der Waals surface area contributed by atoms with Crippen molar-refractivity contribution < 1.29 is 42.2 Å². The zero-order valence-electron chi connectivity index (χ0n) is 41.7. The highest BCUT2D eigenvalue weighted by molar-refractivity contribution is 8.07. The van der Waals surface area contributed by atoms with Crippen LogP contribution in [0.2, 0.25) is 5.15 Å². The first kappa shape index (κ1) is 52.1. The molecule has 398 valence electrons. The molecule has 77 heavy (non-hydrogen) atoms. The van der Waals surface area contributed by atoms with Crippen LogP contribution >= 0.6 is 18.3 Å². The number of aromatic nitrogens is 9. The number of nitro groups is 1. The van der Waals surface area contributed by atoms with Crippen molar-refractivity contribution in [3.63, 3.8) is 0 Å². The highest BCUT2D eigenvalue weighted by Gasteiger charge is 2.52. The van der Waals surface area contributed by atoms with E-state index < -0.39 is 47.4 Å². The van der Waals surface area contributed by atoms with Gasteiger partial charge < -0.3 is 37.5 Å². The minimum atomic E-state index is -4.27. The molecule has 11 rings (SSSR count). The molecule has 5 aromatic heterocycles. The number of halogens is 2. The molecule has 1 aliphatic heterocycles. The topological polar surface area (TPSA) is 219 Å². The number of alkyl halides is 1. The van der Waals surface area contributed by atoms with Crippen LogP contribution in [0, 0.1) is 22.0 Å². The van der Waals surface area contributed by atoms with Gasteiger partial charge in [0.25, 0.3) is 11.2 Å². The number of nitro benzene ring substituents is 1. The van der Waals surface area contributed by atoms with Crippen LogP contribution in [-0.2, 0) is 48.9 Å². The lowest BCUT2D eigenvalue weighted by molar-refractivity contribution is -0.384. The smallest absolute Gasteiger partial charge is 0.325 e. The Bertz CT molecular complexity index is 3650. The number of fused-ring (bicyclic) bond motifs is 3. The van der Waals surface area contributed by atoms with Gasteiger partial charge in [-0.1, -0.05) is 91.7 Å². The molecular weight excluding hydrogens is 1050 g/mol. The third kappa shape index (κ3) is 9.77. The second-order valence-electron chi connectivity index (χ2n) is 18.9. The molecule has 1 saturated heterocycles. The maximum atomic E-state index is 17.9. The van der Waals surface area contributed by atoms with Crippen LogP contribution in [0.1, 0.15) is 54.3 Å². The number of hydrogen-bond acceptors (Lipinski definition) is 15. The Morgan fingerprint density at radius 1 is 0.870 bits per heavy atom. The molecule has 2 fully saturated rings. The number of non-ortho nitro benzene ring substituents is 1.